The molecule has 63 valence electrons. The number of hydrogen-bond donors (Lipinski definition) is 5. The Balaban J connectivity index is -0.0000000910. The molecule has 10 heavy (non-hydrogen) atoms. The summed E-state index contributed by atoms with van der Waals surface area (Å²) >= 11 is 0. The summed E-state index contributed by atoms with van der Waals surface area (Å²) in [6.07, 6.45) is -1.83. The van der Waals surface area contributed by atoms with Gasteiger partial charge in [0.15, 0.2) is 0 Å². The van der Waals surface area contributed by atoms with E-state index in [0.717, 1.165) is 0 Å². The minimum absolute atomic E-state index is 0. The fraction of sp³-hybridized carbons (Fsp3) is 0. The number of hydrogen-bond acceptors (Lipinski definition) is 2. The van der Waals surface area contributed by atoms with E-state index in [1.807, 2.05) is 0 Å². The van der Waals surface area contributed by atoms with Gasteiger partial charge in [0.25, 0.3) is 0 Å². The van der Waals surface area contributed by atoms with Crippen LogP contribution in [0.2, 0.25) is 0 Å². The summed E-state index contributed by atoms with van der Waals surface area (Å²) in [5, 5.41) is 13.9. The quantitative estimate of drug-likeness (QED) is 0.266. The maximum Gasteiger partial charge on any atom is 0.503 e. The number of phosphoric acid groups is 1. The SMILES string of the molecule is O=C(O)O.O=P(O)(O)O.[Mn]. The second-order valence-corrected chi connectivity index (χ2v) is 1.82. The Morgan fingerprint density at radius 3 is 1.10 bits per heavy atom. The average Bonchev–Trinajstić information content (AvgIpc) is 1.19. The Morgan fingerprint density at radius 1 is 1.10 bits per heavy atom. The number of carbonyl (C=O) groups is 1. The molecule has 0 aliphatic rings. The van der Waals surface area contributed by atoms with Crippen molar-refractivity contribution in [3.05, 3.63) is 0 Å². The van der Waals surface area contributed by atoms with Crippen molar-refractivity contribution in [3.63, 3.8) is 0 Å². The zero-order valence-electron chi connectivity index (χ0n) is 4.38. The van der Waals surface area contributed by atoms with Gasteiger partial charge in [0, 0.05) is 17.1 Å². The van der Waals surface area contributed by atoms with Crippen LogP contribution in [0.25, 0.3) is 0 Å². The van der Waals surface area contributed by atoms with Crippen molar-refractivity contribution >= 4 is 14.0 Å². The van der Waals surface area contributed by atoms with E-state index < -0.39 is 14.0 Å². The fourth-order valence-electron chi connectivity index (χ4n) is 0. The molecule has 0 aromatic rings. The second kappa shape index (κ2) is 7.01. The summed E-state index contributed by atoms with van der Waals surface area (Å²) in [6, 6.07) is 0. The topological polar surface area (TPSA) is 135 Å². The number of carboxylic acid groups (broad SMARTS) is 2. The molecule has 0 saturated heterocycles. The molecule has 0 saturated carbocycles. The first-order valence-electron chi connectivity index (χ1n) is 1.43. The zero-order valence-corrected chi connectivity index (χ0v) is 6.45. The van der Waals surface area contributed by atoms with Gasteiger partial charge < -0.3 is 24.9 Å². The molecule has 5 N–H and O–H groups in total. The Morgan fingerprint density at radius 2 is 1.10 bits per heavy atom. The van der Waals surface area contributed by atoms with E-state index in [0.29, 0.717) is 0 Å². The van der Waals surface area contributed by atoms with Crippen molar-refractivity contribution in [1.82, 2.24) is 0 Å². The van der Waals surface area contributed by atoms with Gasteiger partial charge in [-0.25, -0.2) is 9.36 Å². The Bertz CT molecular complexity index is 113. The molecule has 0 unspecified atom stereocenters. The van der Waals surface area contributed by atoms with E-state index in [1.165, 1.54) is 0 Å². The third kappa shape index (κ3) is 37200. The van der Waals surface area contributed by atoms with Gasteiger partial charge >= 0.3 is 14.0 Å². The van der Waals surface area contributed by atoms with Crippen LogP contribution in [0.3, 0.4) is 0 Å². The van der Waals surface area contributed by atoms with Crippen LogP contribution in [0.15, 0.2) is 0 Å². The van der Waals surface area contributed by atoms with Gasteiger partial charge in [0.2, 0.25) is 0 Å². The second-order valence-electron chi connectivity index (χ2n) is 0.796. The summed E-state index contributed by atoms with van der Waals surface area (Å²) in [5.74, 6) is 0. The Labute approximate surface area is 66.0 Å². The molecule has 9 heteroatoms. The minimum atomic E-state index is -4.64. The van der Waals surface area contributed by atoms with Crippen LogP contribution in [0.4, 0.5) is 4.79 Å². The van der Waals surface area contributed by atoms with Crippen molar-refractivity contribution in [2.24, 2.45) is 0 Å². The first-order valence-corrected chi connectivity index (χ1v) is 3.00. The Kier molecular flexibility index (Phi) is 11.5. The molecule has 1 radical (unpaired) electrons. The van der Waals surface area contributed by atoms with Gasteiger partial charge in [0.1, 0.15) is 0 Å². The van der Waals surface area contributed by atoms with Crippen LogP contribution in [-0.2, 0) is 21.6 Å². The van der Waals surface area contributed by atoms with Gasteiger partial charge in [-0.15, -0.1) is 0 Å². The monoisotopic (exact) mass is 215 g/mol. The first-order chi connectivity index (χ1) is 3.73. The van der Waals surface area contributed by atoms with Gasteiger partial charge in [0.05, 0.1) is 0 Å². The van der Waals surface area contributed by atoms with Crippen LogP contribution in [-0.4, -0.2) is 31.0 Å². The standard InChI is InChI=1S/CH2O3.Mn.H3O4P/c2-1(3)4;;1-5(2,3)4/h(H2,2,3,4);;(H3,1,2,3,4). The maximum absolute atomic E-state index is 8.88. The summed E-state index contributed by atoms with van der Waals surface area (Å²) in [7, 11) is -4.64. The van der Waals surface area contributed by atoms with Crippen molar-refractivity contribution in [2.75, 3.05) is 0 Å². The van der Waals surface area contributed by atoms with Crippen molar-refractivity contribution in [2.45, 2.75) is 0 Å². The molecular weight excluding hydrogens is 210 g/mol. The van der Waals surface area contributed by atoms with Gasteiger partial charge in [-0.1, -0.05) is 0 Å². The predicted molar refractivity (Wildman–Crippen MR) is 24.9 cm³/mol. The first kappa shape index (κ1) is 16.5. The summed E-state index contributed by atoms with van der Waals surface area (Å²) in [4.78, 5) is 30.1. The molecule has 0 spiro atoms. The third-order valence-corrected chi connectivity index (χ3v) is 0. The van der Waals surface area contributed by atoms with Crippen LogP contribution in [0.1, 0.15) is 0 Å². The summed E-state index contributed by atoms with van der Waals surface area (Å²) < 4.78 is 8.88. The molecule has 0 atom stereocenters. The molecule has 0 amide bonds. The molecule has 7 nitrogen and oxygen atoms in total. The fourth-order valence-corrected chi connectivity index (χ4v) is 0. The van der Waals surface area contributed by atoms with Crippen molar-refractivity contribution in [1.29, 1.82) is 0 Å². The van der Waals surface area contributed by atoms with Crippen LogP contribution in [0, 0.1) is 0 Å². The largest absolute Gasteiger partial charge is 0.503 e. The minimum Gasteiger partial charge on any atom is -0.450 e. The molecular formula is CH5MnO7P. The molecule has 0 rings (SSSR count). The molecule has 0 aromatic heterocycles. The van der Waals surface area contributed by atoms with Crippen molar-refractivity contribution in [3.8, 4) is 0 Å². The molecule has 0 heterocycles. The predicted octanol–water partition coefficient (Wildman–Crippen LogP) is -0.709. The smallest absolute Gasteiger partial charge is 0.450 e. The van der Waals surface area contributed by atoms with E-state index in [9.17, 15) is 0 Å². The summed E-state index contributed by atoms with van der Waals surface area (Å²) in [5.41, 5.74) is 0. The van der Waals surface area contributed by atoms with E-state index in [2.05, 4.69) is 0 Å². The molecule has 0 bridgehead atoms. The van der Waals surface area contributed by atoms with Gasteiger partial charge in [-0.3, -0.25) is 0 Å². The van der Waals surface area contributed by atoms with Crippen molar-refractivity contribution < 1.29 is 51.3 Å². The van der Waals surface area contributed by atoms with E-state index in [4.69, 9.17) is 34.3 Å². The third-order valence-electron chi connectivity index (χ3n) is 0. The van der Waals surface area contributed by atoms with E-state index in [-0.39, 0.29) is 17.1 Å². The molecule has 0 aliphatic heterocycles. The maximum atomic E-state index is 8.88. The molecule has 0 aromatic carbocycles. The Hall–Kier alpha value is -0.101. The molecule has 0 aliphatic carbocycles. The normalized spacial score (nSPS) is 8.30. The van der Waals surface area contributed by atoms with Crippen LogP contribution < -0.4 is 0 Å². The van der Waals surface area contributed by atoms with Gasteiger partial charge in [-0.2, -0.15) is 0 Å². The zero-order chi connectivity index (χ0) is 8.08. The van der Waals surface area contributed by atoms with Gasteiger partial charge in [-0.05, 0) is 0 Å². The van der Waals surface area contributed by atoms with E-state index >= 15 is 0 Å². The average molecular weight is 215 g/mol. The van der Waals surface area contributed by atoms with Crippen LogP contribution >= 0.6 is 7.82 Å². The summed E-state index contributed by atoms with van der Waals surface area (Å²) in [6.45, 7) is 0. The van der Waals surface area contributed by atoms with Crippen LogP contribution in [0.5, 0.6) is 0 Å². The number of rotatable bonds is 0. The molecule has 0 fully saturated rings. The van der Waals surface area contributed by atoms with E-state index in [1.54, 1.807) is 0 Å².